The minimum Gasteiger partial charge on any atom is -0.268 e. The van der Waals surface area contributed by atoms with Crippen LogP contribution in [0.3, 0.4) is 0 Å². The van der Waals surface area contributed by atoms with E-state index in [1.54, 1.807) is 42.5 Å². The van der Waals surface area contributed by atoms with Gasteiger partial charge in [0, 0.05) is 22.2 Å². The standard InChI is InChI=1S/C25H14ClN3O4S2/c26-21-18-11-4-5-12-19(18)34-22(21)23(30)27-25-28(16-8-2-1-3-9-16)24(31)20(35-25)14-15-7-6-10-17(13-15)29(32)33/h1-14H/b20-14+,27-25?. The maximum absolute atomic E-state index is 13.4. The van der Waals surface area contributed by atoms with Crippen LogP contribution in [0.1, 0.15) is 15.2 Å². The molecule has 2 heterocycles. The van der Waals surface area contributed by atoms with Crippen molar-refractivity contribution in [1.29, 1.82) is 0 Å². The van der Waals surface area contributed by atoms with E-state index in [1.165, 1.54) is 28.4 Å². The van der Waals surface area contributed by atoms with Gasteiger partial charge >= 0.3 is 0 Å². The van der Waals surface area contributed by atoms with Crippen LogP contribution in [0, 0.1) is 10.1 Å². The van der Waals surface area contributed by atoms with Gasteiger partial charge < -0.3 is 0 Å². The van der Waals surface area contributed by atoms with Crippen molar-refractivity contribution < 1.29 is 14.5 Å². The number of hydrogen-bond donors (Lipinski definition) is 0. The van der Waals surface area contributed by atoms with Gasteiger partial charge in [0.25, 0.3) is 17.5 Å². The Morgan fingerprint density at radius 1 is 1.03 bits per heavy atom. The summed E-state index contributed by atoms with van der Waals surface area (Å²) in [6, 6.07) is 22.2. The number of thiophene rings is 1. The number of fused-ring (bicyclic) bond motifs is 1. The number of non-ortho nitro benzene ring substituents is 1. The number of rotatable bonds is 4. The summed E-state index contributed by atoms with van der Waals surface area (Å²) in [6.07, 6.45) is 1.55. The predicted molar refractivity (Wildman–Crippen MR) is 141 cm³/mol. The van der Waals surface area contributed by atoms with Gasteiger partial charge in [0.15, 0.2) is 5.17 Å². The van der Waals surface area contributed by atoms with E-state index < -0.39 is 10.8 Å². The third-order valence-electron chi connectivity index (χ3n) is 5.13. The Labute approximate surface area is 212 Å². The number of para-hydroxylation sites is 1. The van der Waals surface area contributed by atoms with Gasteiger partial charge in [-0.2, -0.15) is 4.99 Å². The molecule has 3 aromatic carbocycles. The molecular formula is C25H14ClN3O4S2. The van der Waals surface area contributed by atoms with Crippen molar-refractivity contribution in [3.05, 3.63) is 109 Å². The molecule has 0 radical (unpaired) electrons. The number of nitro benzene ring substituents is 1. The lowest BCUT2D eigenvalue weighted by molar-refractivity contribution is -0.384. The summed E-state index contributed by atoms with van der Waals surface area (Å²) in [6.45, 7) is 0. The van der Waals surface area contributed by atoms with E-state index in [1.807, 2.05) is 30.3 Å². The molecule has 10 heteroatoms. The van der Waals surface area contributed by atoms with E-state index in [-0.39, 0.29) is 26.5 Å². The highest BCUT2D eigenvalue weighted by molar-refractivity contribution is 8.19. The van der Waals surface area contributed by atoms with Crippen LogP contribution in [0.2, 0.25) is 5.02 Å². The summed E-state index contributed by atoms with van der Waals surface area (Å²) in [4.78, 5) is 43.3. The van der Waals surface area contributed by atoms with Crippen LogP contribution in [-0.2, 0) is 4.79 Å². The zero-order valence-corrected chi connectivity index (χ0v) is 20.1. The van der Waals surface area contributed by atoms with Gasteiger partial charge in [-0.1, -0.05) is 60.1 Å². The zero-order chi connectivity index (χ0) is 24.5. The average molecular weight is 520 g/mol. The Morgan fingerprint density at radius 3 is 2.51 bits per heavy atom. The van der Waals surface area contributed by atoms with E-state index in [0.29, 0.717) is 16.3 Å². The van der Waals surface area contributed by atoms with Crippen molar-refractivity contribution >= 4 is 79.2 Å². The number of anilines is 1. The summed E-state index contributed by atoms with van der Waals surface area (Å²) in [5, 5.41) is 12.4. The number of benzene rings is 3. The summed E-state index contributed by atoms with van der Waals surface area (Å²) < 4.78 is 0.863. The van der Waals surface area contributed by atoms with Gasteiger partial charge in [-0.3, -0.25) is 24.6 Å². The molecule has 1 aliphatic rings. The lowest BCUT2D eigenvalue weighted by atomic mass is 10.2. The maximum Gasteiger partial charge on any atom is 0.291 e. The van der Waals surface area contributed by atoms with Crippen molar-refractivity contribution in [2.24, 2.45) is 4.99 Å². The first-order valence-corrected chi connectivity index (χ1v) is 12.3. The molecule has 0 N–H and O–H groups in total. The number of carbonyl (C=O) groups excluding carboxylic acids is 2. The minimum atomic E-state index is -0.552. The molecule has 172 valence electrons. The van der Waals surface area contributed by atoms with Crippen LogP contribution >= 0.6 is 34.7 Å². The largest absolute Gasteiger partial charge is 0.291 e. The Balaban J connectivity index is 1.56. The van der Waals surface area contributed by atoms with Crippen LogP contribution in [-0.4, -0.2) is 21.9 Å². The molecule has 0 saturated carbocycles. The van der Waals surface area contributed by atoms with Crippen LogP contribution < -0.4 is 4.90 Å². The number of thioether (sulfide) groups is 1. The van der Waals surface area contributed by atoms with Crippen molar-refractivity contribution in [1.82, 2.24) is 0 Å². The fraction of sp³-hybridized carbons (Fsp3) is 0. The number of hydrogen-bond acceptors (Lipinski definition) is 6. The number of amidine groups is 1. The van der Waals surface area contributed by atoms with Crippen LogP contribution in [0.15, 0.2) is 88.8 Å². The van der Waals surface area contributed by atoms with Crippen molar-refractivity contribution in [2.45, 2.75) is 0 Å². The number of halogens is 1. The lowest BCUT2D eigenvalue weighted by Gasteiger charge is -2.15. The molecule has 1 saturated heterocycles. The van der Waals surface area contributed by atoms with Gasteiger partial charge in [0.2, 0.25) is 0 Å². The number of carbonyl (C=O) groups is 2. The Hall–Kier alpha value is -3.79. The number of nitrogens with zero attached hydrogens (tertiary/aromatic N) is 3. The fourth-order valence-electron chi connectivity index (χ4n) is 3.52. The average Bonchev–Trinajstić information content (AvgIpc) is 3.36. The highest BCUT2D eigenvalue weighted by atomic mass is 35.5. The quantitative estimate of drug-likeness (QED) is 0.168. The number of amides is 2. The summed E-state index contributed by atoms with van der Waals surface area (Å²) in [5.74, 6) is -0.939. The molecule has 0 unspecified atom stereocenters. The molecule has 0 aliphatic carbocycles. The molecule has 0 spiro atoms. The molecule has 1 aliphatic heterocycles. The normalized spacial score (nSPS) is 15.9. The number of aliphatic imine (C=N–C) groups is 1. The molecule has 4 aromatic rings. The Bertz CT molecular complexity index is 1560. The minimum absolute atomic E-state index is 0.0850. The van der Waals surface area contributed by atoms with Crippen molar-refractivity contribution in [2.75, 3.05) is 4.90 Å². The second kappa shape index (κ2) is 9.46. The molecule has 5 rings (SSSR count). The van der Waals surface area contributed by atoms with Gasteiger partial charge in [-0.25, -0.2) is 0 Å². The molecule has 1 fully saturated rings. The van der Waals surface area contributed by atoms with Gasteiger partial charge in [0.05, 0.1) is 20.5 Å². The topological polar surface area (TPSA) is 92.9 Å². The third-order valence-corrected chi connectivity index (χ3v) is 7.76. The second-order valence-electron chi connectivity index (χ2n) is 7.38. The summed E-state index contributed by atoms with van der Waals surface area (Å²) in [7, 11) is 0. The van der Waals surface area contributed by atoms with Gasteiger partial charge in [-0.05, 0) is 41.6 Å². The second-order valence-corrected chi connectivity index (χ2v) is 9.82. The van der Waals surface area contributed by atoms with E-state index in [0.717, 1.165) is 21.8 Å². The molecule has 0 atom stereocenters. The Kier molecular flexibility index (Phi) is 6.21. The van der Waals surface area contributed by atoms with E-state index >= 15 is 0 Å². The zero-order valence-electron chi connectivity index (χ0n) is 17.8. The maximum atomic E-state index is 13.4. The highest BCUT2D eigenvalue weighted by Gasteiger charge is 2.35. The van der Waals surface area contributed by atoms with Crippen molar-refractivity contribution in [3.63, 3.8) is 0 Å². The first kappa shape index (κ1) is 23.0. The molecule has 1 aromatic heterocycles. The number of nitro groups is 1. The molecule has 0 bridgehead atoms. The smallest absolute Gasteiger partial charge is 0.268 e. The first-order chi connectivity index (χ1) is 16.9. The highest BCUT2D eigenvalue weighted by Crippen LogP contribution is 2.39. The lowest BCUT2D eigenvalue weighted by Crippen LogP contribution is -2.29. The van der Waals surface area contributed by atoms with E-state index in [2.05, 4.69) is 4.99 Å². The van der Waals surface area contributed by atoms with Gasteiger partial charge in [0.1, 0.15) is 4.88 Å². The molecule has 2 amide bonds. The monoisotopic (exact) mass is 519 g/mol. The van der Waals surface area contributed by atoms with E-state index in [9.17, 15) is 19.7 Å². The van der Waals surface area contributed by atoms with Crippen LogP contribution in [0.25, 0.3) is 16.2 Å². The summed E-state index contributed by atoms with van der Waals surface area (Å²) >= 11 is 8.73. The predicted octanol–water partition coefficient (Wildman–Crippen LogP) is 6.78. The molecule has 35 heavy (non-hydrogen) atoms. The first-order valence-electron chi connectivity index (χ1n) is 10.3. The Morgan fingerprint density at radius 2 is 1.77 bits per heavy atom. The summed E-state index contributed by atoms with van der Waals surface area (Å²) in [5.41, 5.74) is 0.947. The van der Waals surface area contributed by atoms with Crippen molar-refractivity contribution in [3.8, 4) is 0 Å². The third kappa shape index (κ3) is 4.49. The van der Waals surface area contributed by atoms with E-state index in [4.69, 9.17) is 11.6 Å². The fourth-order valence-corrected chi connectivity index (χ4v) is 5.90. The SMILES string of the molecule is O=C(N=C1S/C(=C/c2cccc([N+](=O)[O-])c2)C(=O)N1c1ccccc1)c1sc2ccccc2c1Cl. The molecular weight excluding hydrogens is 506 g/mol. The van der Waals surface area contributed by atoms with Crippen LogP contribution in [0.4, 0.5) is 11.4 Å². The van der Waals surface area contributed by atoms with Crippen LogP contribution in [0.5, 0.6) is 0 Å². The molecule has 7 nitrogen and oxygen atoms in total. The van der Waals surface area contributed by atoms with Gasteiger partial charge in [-0.15, -0.1) is 11.3 Å².